The molecular weight excluding hydrogens is 393 g/mol. The first-order chi connectivity index (χ1) is 14.1. The van der Waals surface area contributed by atoms with Gasteiger partial charge in [0.25, 0.3) is 5.91 Å². The number of carbonyl (C=O) groups excluding carboxylic acids is 1. The number of benzene rings is 2. The molecule has 0 unspecified atom stereocenters. The molecule has 0 radical (unpaired) electrons. The van der Waals surface area contributed by atoms with Crippen molar-refractivity contribution in [1.29, 1.82) is 0 Å². The Morgan fingerprint density at radius 1 is 1.28 bits per heavy atom. The van der Waals surface area contributed by atoms with Crippen molar-refractivity contribution in [3.05, 3.63) is 53.8 Å². The Kier molecular flexibility index (Phi) is 6.03. The molecule has 3 aromatic rings. The Morgan fingerprint density at radius 2 is 2.10 bits per heavy atom. The molecule has 1 aliphatic heterocycles. The third-order valence-corrected chi connectivity index (χ3v) is 6.06. The number of nitrogens with one attached hydrogen (secondary N) is 1. The maximum atomic E-state index is 13.6. The largest absolute Gasteiger partial charge is 0.497 e. The number of amides is 1. The number of hydrogen-bond acceptors (Lipinski definition) is 5. The molecule has 152 valence electrons. The third-order valence-electron chi connectivity index (χ3n) is 5.02. The van der Waals surface area contributed by atoms with Crippen molar-refractivity contribution in [2.24, 2.45) is 0 Å². The standard InChI is InChI=1S/C21H22FN3O3S/c1-27-17-4-2-3-15(13-17)20(26)25(8-7-24-9-11-28-12-10-24)21-23-18-6-5-16(22)14-19(18)29-21/h2-6,13-14H,7-12H2,1H3/p+1. The quantitative estimate of drug-likeness (QED) is 0.668. The summed E-state index contributed by atoms with van der Waals surface area (Å²) < 4.78 is 25.0. The molecule has 0 saturated carbocycles. The number of methoxy groups -OCH3 is 1. The summed E-state index contributed by atoms with van der Waals surface area (Å²) in [7, 11) is 1.57. The van der Waals surface area contributed by atoms with Crippen LogP contribution in [0.15, 0.2) is 42.5 Å². The number of quaternary nitrogens is 1. The molecule has 1 saturated heterocycles. The van der Waals surface area contributed by atoms with Crippen LogP contribution in [0.3, 0.4) is 0 Å². The van der Waals surface area contributed by atoms with Gasteiger partial charge in [0.1, 0.15) is 24.7 Å². The zero-order valence-electron chi connectivity index (χ0n) is 16.2. The van der Waals surface area contributed by atoms with E-state index in [4.69, 9.17) is 9.47 Å². The van der Waals surface area contributed by atoms with Crippen LogP contribution in [-0.4, -0.2) is 57.4 Å². The fourth-order valence-corrected chi connectivity index (χ4v) is 4.39. The van der Waals surface area contributed by atoms with Crippen molar-refractivity contribution in [1.82, 2.24) is 4.98 Å². The van der Waals surface area contributed by atoms with E-state index in [1.54, 1.807) is 42.3 Å². The highest BCUT2D eigenvalue weighted by molar-refractivity contribution is 7.22. The van der Waals surface area contributed by atoms with Gasteiger partial charge in [0.05, 0.1) is 43.6 Å². The minimum atomic E-state index is -0.309. The molecule has 1 aromatic heterocycles. The molecule has 29 heavy (non-hydrogen) atoms. The van der Waals surface area contributed by atoms with E-state index in [0.29, 0.717) is 28.5 Å². The first-order valence-electron chi connectivity index (χ1n) is 9.57. The fourth-order valence-electron chi connectivity index (χ4n) is 3.38. The van der Waals surface area contributed by atoms with Crippen molar-refractivity contribution in [3.63, 3.8) is 0 Å². The minimum absolute atomic E-state index is 0.143. The molecule has 4 rings (SSSR count). The molecule has 0 spiro atoms. The average Bonchev–Trinajstić information content (AvgIpc) is 3.17. The van der Waals surface area contributed by atoms with Gasteiger partial charge >= 0.3 is 0 Å². The number of nitrogens with zero attached hydrogens (tertiary/aromatic N) is 2. The number of aromatic nitrogens is 1. The molecule has 1 amide bonds. The number of anilines is 1. The lowest BCUT2D eigenvalue weighted by Gasteiger charge is -2.27. The second kappa shape index (κ2) is 8.86. The highest BCUT2D eigenvalue weighted by atomic mass is 32.1. The Labute approximate surface area is 172 Å². The lowest BCUT2D eigenvalue weighted by molar-refractivity contribution is -0.906. The van der Waals surface area contributed by atoms with Gasteiger partial charge in [-0.05, 0) is 36.4 Å². The van der Waals surface area contributed by atoms with Crippen LogP contribution in [0.5, 0.6) is 5.75 Å². The van der Waals surface area contributed by atoms with E-state index in [1.807, 2.05) is 0 Å². The second-order valence-electron chi connectivity index (χ2n) is 6.91. The summed E-state index contributed by atoms with van der Waals surface area (Å²) >= 11 is 1.33. The van der Waals surface area contributed by atoms with Crippen molar-refractivity contribution in [3.8, 4) is 5.75 Å². The van der Waals surface area contributed by atoms with Gasteiger partial charge in [0, 0.05) is 5.56 Å². The van der Waals surface area contributed by atoms with E-state index in [9.17, 15) is 9.18 Å². The summed E-state index contributed by atoms with van der Waals surface area (Å²) in [4.78, 5) is 21.0. The van der Waals surface area contributed by atoms with Gasteiger partial charge < -0.3 is 14.4 Å². The molecule has 0 bridgehead atoms. The molecule has 1 aliphatic rings. The predicted molar refractivity (Wildman–Crippen MR) is 111 cm³/mol. The van der Waals surface area contributed by atoms with Crippen LogP contribution >= 0.6 is 11.3 Å². The normalized spacial score (nSPS) is 14.8. The summed E-state index contributed by atoms with van der Waals surface area (Å²) in [5.41, 5.74) is 1.22. The van der Waals surface area contributed by atoms with E-state index in [0.717, 1.165) is 37.5 Å². The van der Waals surface area contributed by atoms with Gasteiger partial charge in [0.15, 0.2) is 5.13 Å². The van der Waals surface area contributed by atoms with E-state index in [1.165, 1.54) is 28.4 Å². The second-order valence-corrected chi connectivity index (χ2v) is 7.92. The van der Waals surface area contributed by atoms with E-state index in [2.05, 4.69) is 4.98 Å². The number of halogens is 1. The summed E-state index contributed by atoms with van der Waals surface area (Å²) in [6.45, 7) is 4.63. The van der Waals surface area contributed by atoms with Gasteiger partial charge in [-0.2, -0.15) is 0 Å². The highest BCUT2D eigenvalue weighted by Crippen LogP contribution is 2.30. The number of hydrogen-bond donors (Lipinski definition) is 1. The molecule has 2 heterocycles. The Morgan fingerprint density at radius 3 is 2.90 bits per heavy atom. The van der Waals surface area contributed by atoms with Crippen molar-refractivity contribution in [2.45, 2.75) is 0 Å². The Hall–Kier alpha value is -2.55. The molecular formula is C21H23FN3O3S+. The number of fused-ring (bicyclic) bond motifs is 1. The topological polar surface area (TPSA) is 56.1 Å². The van der Waals surface area contributed by atoms with E-state index in [-0.39, 0.29) is 11.7 Å². The summed E-state index contributed by atoms with van der Waals surface area (Å²) in [5.74, 6) is 0.174. The molecule has 1 N–H and O–H groups in total. The first-order valence-corrected chi connectivity index (χ1v) is 10.4. The maximum Gasteiger partial charge on any atom is 0.260 e. The van der Waals surface area contributed by atoms with Crippen LogP contribution in [0.25, 0.3) is 10.2 Å². The number of morpholine rings is 1. The molecule has 0 aliphatic carbocycles. The van der Waals surface area contributed by atoms with Crippen LogP contribution in [0.2, 0.25) is 0 Å². The van der Waals surface area contributed by atoms with E-state index < -0.39 is 0 Å². The van der Waals surface area contributed by atoms with Crippen molar-refractivity contribution < 1.29 is 23.6 Å². The Bertz CT molecular complexity index is 1000. The monoisotopic (exact) mass is 416 g/mol. The maximum absolute atomic E-state index is 13.6. The predicted octanol–water partition coefficient (Wildman–Crippen LogP) is 2.01. The van der Waals surface area contributed by atoms with Crippen LogP contribution in [0, 0.1) is 5.82 Å². The van der Waals surface area contributed by atoms with Crippen LogP contribution in [0.4, 0.5) is 9.52 Å². The van der Waals surface area contributed by atoms with Gasteiger partial charge in [-0.25, -0.2) is 9.37 Å². The molecule has 2 aromatic carbocycles. The molecule has 8 heteroatoms. The van der Waals surface area contributed by atoms with Gasteiger partial charge in [-0.3, -0.25) is 9.69 Å². The third kappa shape index (κ3) is 4.55. The van der Waals surface area contributed by atoms with Crippen molar-refractivity contribution >= 4 is 32.6 Å². The van der Waals surface area contributed by atoms with Gasteiger partial charge in [0.2, 0.25) is 0 Å². The van der Waals surface area contributed by atoms with Crippen LogP contribution in [0.1, 0.15) is 10.4 Å². The number of ether oxygens (including phenoxy) is 2. The van der Waals surface area contributed by atoms with Crippen LogP contribution in [-0.2, 0) is 4.74 Å². The fraction of sp³-hybridized carbons (Fsp3) is 0.333. The van der Waals surface area contributed by atoms with Crippen molar-refractivity contribution in [2.75, 3.05) is 51.4 Å². The minimum Gasteiger partial charge on any atom is -0.497 e. The molecule has 6 nitrogen and oxygen atoms in total. The van der Waals surface area contributed by atoms with Crippen LogP contribution < -0.4 is 14.5 Å². The SMILES string of the molecule is COc1cccc(C(=O)N(CC[NH+]2CCOCC2)c2nc3ccc(F)cc3s2)c1. The number of rotatable bonds is 6. The summed E-state index contributed by atoms with van der Waals surface area (Å²) in [6, 6.07) is 11.6. The van der Waals surface area contributed by atoms with Gasteiger partial charge in [-0.1, -0.05) is 17.4 Å². The average molecular weight is 416 g/mol. The Balaban J connectivity index is 1.64. The first kappa shape index (κ1) is 19.8. The molecule has 0 atom stereocenters. The number of thiazole rings is 1. The lowest BCUT2D eigenvalue weighted by atomic mass is 10.2. The van der Waals surface area contributed by atoms with E-state index >= 15 is 0 Å². The number of carbonyl (C=O) groups is 1. The highest BCUT2D eigenvalue weighted by Gasteiger charge is 2.24. The smallest absolute Gasteiger partial charge is 0.260 e. The summed E-state index contributed by atoms with van der Waals surface area (Å²) in [6.07, 6.45) is 0. The lowest BCUT2D eigenvalue weighted by Crippen LogP contribution is -3.14. The van der Waals surface area contributed by atoms with Gasteiger partial charge in [-0.15, -0.1) is 0 Å². The zero-order chi connectivity index (χ0) is 20.2. The summed E-state index contributed by atoms with van der Waals surface area (Å²) in [5, 5.41) is 0.575. The molecule has 1 fully saturated rings. The zero-order valence-corrected chi connectivity index (χ0v) is 17.0.